The maximum atomic E-state index is 13.4. The summed E-state index contributed by atoms with van der Waals surface area (Å²) in [6.07, 6.45) is 3.22. The van der Waals surface area contributed by atoms with Gasteiger partial charge in [0.25, 0.3) is 11.6 Å². The average molecular weight is 689 g/mol. The Labute approximate surface area is 295 Å². The molecule has 0 aliphatic rings. The van der Waals surface area contributed by atoms with E-state index in [2.05, 4.69) is 0 Å². The summed E-state index contributed by atoms with van der Waals surface area (Å²) in [7, 11) is 0. The Morgan fingerprint density at radius 1 is 0.353 bits per heavy atom. The van der Waals surface area contributed by atoms with E-state index >= 15 is 0 Å². The molecule has 0 amide bonds. The maximum Gasteiger partial charge on any atom is 0.263 e. The van der Waals surface area contributed by atoms with Crippen LogP contribution in [-0.2, 0) is 21.7 Å². The van der Waals surface area contributed by atoms with E-state index in [0.29, 0.717) is 34.6 Å². The molecule has 0 unspecified atom stereocenters. The van der Waals surface area contributed by atoms with Gasteiger partial charge in [-0.25, -0.2) is 0 Å². The molecule has 0 bridgehead atoms. The Bertz CT molecular complexity index is 2140. The predicted octanol–water partition coefficient (Wildman–Crippen LogP) is 10.6. The Hall–Kier alpha value is -5.70. The first-order valence-electron chi connectivity index (χ1n) is 16.8. The molecule has 7 rings (SSSR count). The minimum absolute atomic E-state index is 0.155. The number of ketones is 2. The molecule has 0 saturated carbocycles. The third-order valence-electron chi connectivity index (χ3n) is 9.90. The summed E-state index contributed by atoms with van der Waals surface area (Å²) in [4.78, 5) is 26.8. The van der Waals surface area contributed by atoms with Crippen LogP contribution in [0.25, 0.3) is 0 Å². The fraction of sp³-hybridized carbons (Fsp3) is 0.286. The van der Waals surface area contributed by atoms with E-state index in [1.165, 1.54) is 0 Å². The van der Waals surface area contributed by atoms with Gasteiger partial charge < -0.3 is 30.9 Å². The van der Waals surface area contributed by atoms with Crippen LogP contribution in [0.4, 0.5) is 0 Å². The largest absolute Gasteiger partial charge is 0.468 e. The minimum Gasteiger partial charge on any atom is -0.468 e. The summed E-state index contributed by atoms with van der Waals surface area (Å²) in [5, 5.41) is 0. The Kier molecular flexibility index (Phi) is 7.93. The van der Waals surface area contributed by atoms with Crippen molar-refractivity contribution in [2.75, 3.05) is 0 Å². The first-order valence-corrected chi connectivity index (χ1v) is 16.8. The zero-order valence-electron chi connectivity index (χ0n) is 29.9. The summed E-state index contributed by atoms with van der Waals surface area (Å²) >= 11 is 0. The van der Waals surface area contributed by atoms with Gasteiger partial charge in [0.1, 0.15) is 46.1 Å². The lowest BCUT2D eigenvalue weighted by Crippen LogP contribution is -2.19. The lowest BCUT2D eigenvalue weighted by Gasteiger charge is -2.22. The molecule has 0 saturated heterocycles. The molecule has 0 N–H and O–H groups in total. The molecule has 9 heteroatoms. The molecule has 0 aliphatic carbocycles. The van der Waals surface area contributed by atoms with Crippen molar-refractivity contribution >= 4 is 11.6 Å². The van der Waals surface area contributed by atoms with Gasteiger partial charge in [-0.3, -0.25) is 9.59 Å². The van der Waals surface area contributed by atoms with Gasteiger partial charge in [-0.05, 0) is 140 Å². The maximum absolute atomic E-state index is 13.4. The number of furan rings is 7. The molecule has 51 heavy (non-hydrogen) atoms. The first-order chi connectivity index (χ1) is 24.1. The number of rotatable bonds is 12. The molecule has 0 aromatic carbocycles. The van der Waals surface area contributed by atoms with Crippen LogP contribution < -0.4 is 0 Å². The van der Waals surface area contributed by atoms with E-state index < -0.39 is 21.7 Å². The van der Waals surface area contributed by atoms with Crippen LogP contribution in [0.15, 0.2) is 128 Å². The SMILES string of the molecule is CC(C)(c1ccco1)c1ccc(C(=O)c2ccc(C(C)(C)c3ccc(C(C)(C)c4ccc(C(=O)c5ccc(C(C)(C)c6ccco6)o5)o4)o3)o2)o1. The van der Waals surface area contributed by atoms with Gasteiger partial charge in [0.05, 0.1) is 34.2 Å². The molecule has 0 fully saturated rings. The second-order valence-corrected chi connectivity index (χ2v) is 14.9. The van der Waals surface area contributed by atoms with Crippen LogP contribution in [0.3, 0.4) is 0 Å². The highest BCUT2D eigenvalue weighted by Gasteiger charge is 2.37. The van der Waals surface area contributed by atoms with Gasteiger partial charge >= 0.3 is 0 Å². The molecule has 0 atom stereocenters. The smallest absolute Gasteiger partial charge is 0.263 e. The highest BCUT2D eigenvalue weighted by Crippen LogP contribution is 2.40. The highest BCUT2D eigenvalue weighted by molar-refractivity contribution is 6.05. The Morgan fingerprint density at radius 2 is 0.608 bits per heavy atom. The molecule has 0 spiro atoms. The van der Waals surface area contributed by atoms with Crippen molar-refractivity contribution in [3.63, 3.8) is 0 Å². The van der Waals surface area contributed by atoms with Crippen LogP contribution in [0.2, 0.25) is 0 Å². The van der Waals surface area contributed by atoms with E-state index in [1.54, 1.807) is 61.1 Å². The third-order valence-corrected chi connectivity index (χ3v) is 9.90. The molecule has 7 aromatic rings. The van der Waals surface area contributed by atoms with Crippen LogP contribution >= 0.6 is 0 Å². The van der Waals surface area contributed by atoms with E-state index in [0.717, 1.165) is 11.5 Å². The molecule has 7 aromatic heterocycles. The van der Waals surface area contributed by atoms with Crippen LogP contribution in [0, 0.1) is 0 Å². The average Bonchev–Trinajstić information content (AvgIpc) is 3.97. The molecular formula is C42H40O9. The van der Waals surface area contributed by atoms with Crippen molar-refractivity contribution in [2.24, 2.45) is 0 Å². The number of hydrogen-bond acceptors (Lipinski definition) is 9. The van der Waals surface area contributed by atoms with Crippen LogP contribution in [0.1, 0.15) is 134 Å². The van der Waals surface area contributed by atoms with Gasteiger partial charge in [0.2, 0.25) is 0 Å². The normalized spacial score (nSPS) is 12.9. The van der Waals surface area contributed by atoms with E-state index in [1.807, 2.05) is 91.8 Å². The zero-order chi connectivity index (χ0) is 36.3. The van der Waals surface area contributed by atoms with Gasteiger partial charge in [-0.2, -0.15) is 0 Å². The molecule has 0 radical (unpaired) electrons. The second-order valence-electron chi connectivity index (χ2n) is 14.9. The minimum atomic E-state index is -0.729. The monoisotopic (exact) mass is 688 g/mol. The van der Waals surface area contributed by atoms with Gasteiger partial charge in [-0.15, -0.1) is 0 Å². The summed E-state index contributed by atoms with van der Waals surface area (Å²) in [6.45, 7) is 15.7. The van der Waals surface area contributed by atoms with Crippen molar-refractivity contribution < 1.29 is 40.5 Å². The van der Waals surface area contributed by atoms with Crippen LogP contribution in [0.5, 0.6) is 0 Å². The van der Waals surface area contributed by atoms with Gasteiger partial charge in [-0.1, -0.05) is 0 Å². The van der Waals surface area contributed by atoms with Crippen molar-refractivity contribution in [1.82, 2.24) is 0 Å². The lowest BCUT2D eigenvalue weighted by molar-refractivity contribution is 0.0970. The van der Waals surface area contributed by atoms with Crippen molar-refractivity contribution in [3.8, 4) is 0 Å². The molecule has 0 aliphatic heterocycles. The predicted molar refractivity (Wildman–Crippen MR) is 186 cm³/mol. The summed E-state index contributed by atoms with van der Waals surface area (Å²) < 4.78 is 41.8. The van der Waals surface area contributed by atoms with E-state index in [9.17, 15) is 9.59 Å². The standard InChI is InChI=1S/C42H40O9/c1-39(2,29-11-9-23-45-29)31-17-13-25(47-31)37(43)27-15-19-33(49-27)41(5,6)35-21-22-36(51-35)42(7,8)34-20-16-28(50-34)38(44)26-14-18-32(48-26)40(3,4)30-12-10-24-46-30/h9-24H,1-8H3. The first kappa shape index (κ1) is 33.8. The van der Waals surface area contributed by atoms with Gasteiger partial charge in [0.15, 0.2) is 23.0 Å². The number of carbonyl (C=O) groups is 2. The van der Waals surface area contributed by atoms with Gasteiger partial charge in [0, 0.05) is 0 Å². The third kappa shape index (κ3) is 5.76. The van der Waals surface area contributed by atoms with Crippen LogP contribution in [-0.4, -0.2) is 11.6 Å². The molecule has 262 valence electrons. The fourth-order valence-corrected chi connectivity index (χ4v) is 6.19. The lowest BCUT2D eigenvalue weighted by atomic mass is 9.87. The topological polar surface area (TPSA) is 126 Å². The summed E-state index contributed by atoms with van der Waals surface area (Å²) in [5.74, 6) is 4.95. The number of hydrogen-bond donors (Lipinski definition) is 0. The summed E-state index contributed by atoms with van der Waals surface area (Å²) in [5.41, 5.74) is -2.57. The second kappa shape index (κ2) is 12.0. The zero-order valence-corrected chi connectivity index (χ0v) is 29.9. The fourth-order valence-electron chi connectivity index (χ4n) is 6.19. The van der Waals surface area contributed by atoms with E-state index in [4.69, 9.17) is 30.9 Å². The molecule has 7 heterocycles. The van der Waals surface area contributed by atoms with Crippen molar-refractivity contribution in [1.29, 1.82) is 0 Å². The van der Waals surface area contributed by atoms with E-state index in [-0.39, 0.29) is 34.6 Å². The quantitative estimate of drug-likeness (QED) is 0.115. The van der Waals surface area contributed by atoms with Crippen molar-refractivity contribution in [3.05, 3.63) is 167 Å². The van der Waals surface area contributed by atoms with Crippen molar-refractivity contribution in [2.45, 2.75) is 77.0 Å². The molecule has 9 nitrogen and oxygen atoms in total. The molecular weight excluding hydrogens is 648 g/mol. The highest BCUT2D eigenvalue weighted by atomic mass is 16.4. The Balaban J connectivity index is 1.07. The number of carbonyl (C=O) groups excluding carboxylic acids is 2. The Morgan fingerprint density at radius 3 is 0.882 bits per heavy atom. The summed E-state index contributed by atoms with van der Waals surface area (Å²) in [6, 6.07) is 24.9.